The number of benzene rings is 7. The lowest BCUT2D eigenvalue weighted by atomic mass is 10.0. The Labute approximate surface area is 341 Å². The third-order valence-corrected chi connectivity index (χ3v) is 11.1. The van der Waals surface area contributed by atoms with Crippen LogP contribution in [0.15, 0.2) is 219 Å². The third kappa shape index (κ3) is 6.20. The number of rotatable bonds is 8. The van der Waals surface area contributed by atoms with Crippen molar-refractivity contribution in [2.24, 2.45) is 0 Å². The Morgan fingerprint density at radius 2 is 0.949 bits per heavy atom. The highest BCUT2D eigenvalue weighted by Crippen LogP contribution is 2.40. The number of aromatic nitrogens is 5. The number of nitrogens with zero attached hydrogens (tertiary/aromatic N) is 6. The third-order valence-electron chi connectivity index (χ3n) is 11.1. The SMILES string of the molecule is c1ccc(-n2ccc3cc4c5cc(-c6ccc(N(c7ccc(-c8ccccn8)cc7)c7ccc(-c8ncccn8)cc7)cc6)ccc5n(-c5ccccc5)c4cc32)cc1. The molecule has 7 aromatic carbocycles. The molecule has 11 aromatic rings. The predicted molar refractivity (Wildman–Crippen MR) is 242 cm³/mol. The van der Waals surface area contributed by atoms with E-state index in [1.54, 1.807) is 12.4 Å². The Morgan fingerprint density at radius 3 is 1.61 bits per heavy atom. The molecule has 0 fully saturated rings. The number of anilines is 3. The molecule has 0 bridgehead atoms. The van der Waals surface area contributed by atoms with Gasteiger partial charge in [-0.2, -0.15) is 0 Å². The fourth-order valence-electron chi connectivity index (χ4n) is 8.27. The summed E-state index contributed by atoms with van der Waals surface area (Å²) < 4.78 is 4.67. The first-order valence-electron chi connectivity index (χ1n) is 19.7. The van der Waals surface area contributed by atoms with Crippen LogP contribution in [0.1, 0.15) is 0 Å². The Morgan fingerprint density at radius 1 is 0.373 bits per heavy atom. The van der Waals surface area contributed by atoms with Gasteiger partial charge in [0.2, 0.25) is 0 Å². The topological polar surface area (TPSA) is 51.8 Å². The first-order valence-corrected chi connectivity index (χ1v) is 19.7. The molecule has 11 rings (SSSR count). The fraction of sp³-hybridized carbons (Fsp3) is 0. The summed E-state index contributed by atoms with van der Waals surface area (Å²) in [5.41, 5.74) is 14.2. The molecule has 0 N–H and O–H groups in total. The van der Waals surface area contributed by atoms with Crippen LogP contribution in [0.2, 0.25) is 0 Å². The van der Waals surface area contributed by atoms with Crippen molar-refractivity contribution in [3.05, 3.63) is 219 Å². The van der Waals surface area contributed by atoms with Crippen LogP contribution in [0.25, 0.3) is 77.9 Å². The molecular weight excluding hydrogens is 721 g/mol. The van der Waals surface area contributed by atoms with E-state index in [0.717, 1.165) is 56.4 Å². The van der Waals surface area contributed by atoms with E-state index in [9.17, 15) is 0 Å². The molecule has 0 radical (unpaired) electrons. The molecular formula is C53H36N6. The zero-order chi connectivity index (χ0) is 39.1. The lowest BCUT2D eigenvalue weighted by Crippen LogP contribution is -2.09. The van der Waals surface area contributed by atoms with Crippen LogP contribution < -0.4 is 4.90 Å². The van der Waals surface area contributed by atoms with E-state index in [4.69, 9.17) is 0 Å². The van der Waals surface area contributed by atoms with Gasteiger partial charge in [-0.25, -0.2) is 9.97 Å². The van der Waals surface area contributed by atoms with Crippen LogP contribution >= 0.6 is 0 Å². The number of hydrogen-bond donors (Lipinski definition) is 0. The van der Waals surface area contributed by atoms with Crippen LogP contribution in [-0.2, 0) is 0 Å². The van der Waals surface area contributed by atoms with Gasteiger partial charge in [-0.3, -0.25) is 4.98 Å². The standard InChI is InChI=1S/C53H36N6/c1-3-10-42(11-4-1)57-33-29-41-35-48-47-34-40(21-28-50(47)59(52(48)36-51(41)57)43-12-5-2-6-13-43)37-15-22-44(23-16-37)58(45-24-17-38(18-25-45)49-14-7-8-30-54-49)46-26-19-39(20-27-46)53-55-31-9-32-56-53/h1-36H. The minimum atomic E-state index is 0.702. The molecule has 0 saturated heterocycles. The summed E-state index contributed by atoms with van der Waals surface area (Å²) in [7, 11) is 0. The second kappa shape index (κ2) is 14.4. The van der Waals surface area contributed by atoms with Crippen molar-refractivity contribution >= 4 is 49.8 Å². The van der Waals surface area contributed by atoms with Crippen molar-refractivity contribution in [1.82, 2.24) is 24.1 Å². The summed E-state index contributed by atoms with van der Waals surface area (Å²) in [5.74, 6) is 0.702. The molecule has 59 heavy (non-hydrogen) atoms. The van der Waals surface area contributed by atoms with Gasteiger partial charge >= 0.3 is 0 Å². The largest absolute Gasteiger partial charge is 0.316 e. The lowest BCUT2D eigenvalue weighted by molar-refractivity contribution is 1.12. The molecule has 6 nitrogen and oxygen atoms in total. The van der Waals surface area contributed by atoms with Gasteiger partial charge in [0, 0.05) is 80.5 Å². The summed E-state index contributed by atoms with van der Waals surface area (Å²) in [6.45, 7) is 0. The molecule has 0 unspecified atom stereocenters. The number of hydrogen-bond acceptors (Lipinski definition) is 4. The molecule has 0 amide bonds. The van der Waals surface area contributed by atoms with Crippen LogP contribution in [0.3, 0.4) is 0 Å². The van der Waals surface area contributed by atoms with E-state index in [1.807, 2.05) is 30.5 Å². The molecule has 4 aromatic heterocycles. The zero-order valence-electron chi connectivity index (χ0n) is 32.0. The van der Waals surface area contributed by atoms with Crippen molar-refractivity contribution in [3.63, 3.8) is 0 Å². The first kappa shape index (κ1) is 34.2. The predicted octanol–water partition coefficient (Wildman–Crippen LogP) is 13.4. The average Bonchev–Trinajstić information content (AvgIpc) is 3.88. The number of pyridine rings is 1. The monoisotopic (exact) mass is 756 g/mol. The zero-order valence-corrected chi connectivity index (χ0v) is 32.0. The molecule has 0 aliphatic rings. The maximum Gasteiger partial charge on any atom is 0.159 e. The second-order valence-electron chi connectivity index (χ2n) is 14.6. The highest BCUT2D eigenvalue weighted by Gasteiger charge is 2.18. The van der Waals surface area contributed by atoms with Crippen molar-refractivity contribution in [2.45, 2.75) is 0 Å². The Balaban J connectivity index is 1.00. The maximum absolute atomic E-state index is 4.57. The first-order chi connectivity index (χ1) is 29.2. The molecule has 4 heterocycles. The van der Waals surface area contributed by atoms with Gasteiger partial charge in [0.15, 0.2) is 5.82 Å². The molecule has 0 saturated carbocycles. The Bertz CT molecular complexity index is 3130. The summed E-state index contributed by atoms with van der Waals surface area (Å²) in [6.07, 6.45) is 7.55. The number of para-hydroxylation sites is 2. The average molecular weight is 757 g/mol. The van der Waals surface area contributed by atoms with Crippen LogP contribution in [0.5, 0.6) is 0 Å². The molecule has 0 aliphatic carbocycles. The lowest BCUT2D eigenvalue weighted by Gasteiger charge is -2.26. The fourth-order valence-corrected chi connectivity index (χ4v) is 8.27. The highest BCUT2D eigenvalue weighted by molar-refractivity contribution is 6.14. The maximum atomic E-state index is 4.57. The minimum absolute atomic E-state index is 0.702. The van der Waals surface area contributed by atoms with E-state index in [-0.39, 0.29) is 0 Å². The normalized spacial score (nSPS) is 11.4. The van der Waals surface area contributed by atoms with E-state index in [2.05, 4.69) is 205 Å². The van der Waals surface area contributed by atoms with Gasteiger partial charge in [0.1, 0.15) is 0 Å². The van der Waals surface area contributed by atoms with E-state index in [0.29, 0.717) is 5.82 Å². The Hall–Kier alpha value is -8.09. The van der Waals surface area contributed by atoms with E-state index in [1.165, 1.54) is 32.7 Å². The van der Waals surface area contributed by atoms with Gasteiger partial charge in [0.05, 0.1) is 22.2 Å². The van der Waals surface area contributed by atoms with Crippen molar-refractivity contribution in [3.8, 4) is 45.1 Å². The van der Waals surface area contributed by atoms with Gasteiger partial charge in [-0.1, -0.05) is 72.8 Å². The highest BCUT2D eigenvalue weighted by atomic mass is 15.1. The van der Waals surface area contributed by atoms with Gasteiger partial charge in [0.25, 0.3) is 0 Å². The smallest absolute Gasteiger partial charge is 0.159 e. The summed E-state index contributed by atoms with van der Waals surface area (Å²) in [6, 6.07) is 68.7. The summed E-state index contributed by atoms with van der Waals surface area (Å²) in [4.78, 5) is 15.8. The molecule has 6 heteroatoms. The molecule has 278 valence electrons. The molecule has 0 atom stereocenters. The molecule has 0 aliphatic heterocycles. The van der Waals surface area contributed by atoms with Gasteiger partial charge < -0.3 is 14.0 Å². The van der Waals surface area contributed by atoms with Gasteiger partial charge in [-0.05, 0) is 132 Å². The van der Waals surface area contributed by atoms with Crippen LogP contribution in [-0.4, -0.2) is 24.1 Å². The summed E-state index contributed by atoms with van der Waals surface area (Å²) >= 11 is 0. The van der Waals surface area contributed by atoms with Crippen LogP contribution in [0.4, 0.5) is 17.1 Å². The second-order valence-corrected chi connectivity index (χ2v) is 14.6. The van der Waals surface area contributed by atoms with Crippen LogP contribution in [0, 0.1) is 0 Å². The van der Waals surface area contributed by atoms with Gasteiger partial charge in [-0.15, -0.1) is 0 Å². The summed E-state index contributed by atoms with van der Waals surface area (Å²) in [5, 5.41) is 3.66. The quantitative estimate of drug-likeness (QED) is 0.155. The Kier molecular flexibility index (Phi) is 8.37. The van der Waals surface area contributed by atoms with E-state index < -0.39 is 0 Å². The van der Waals surface area contributed by atoms with Crippen molar-refractivity contribution in [2.75, 3.05) is 4.90 Å². The van der Waals surface area contributed by atoms with Crippen molar-refractivity contribution in [1.29, 1.82) is 0 Å². The van der Waals surface area contributed by atoms with Crippen molar-refractivity contribution < 1.29 is 0 Å². The molecule has 0 spiro atoms. The minimum Gasteiger partial charge on any atom is -0.316 e. The number of fused-ring (bicyclic) bond motifs is 4. The van der Waals surface area contributed by atoms with E-state index >= 15 is 0 Å².